The Morgan fingerprint density at radius 2 is 1.90 bits per heavy atom. The van der Waals surface area contributed by atoms with Crippen LogP contribution in [0.3, 0.4) is 0 Å². The molecule has 4 nitrogen and oxygen atoms in total. The molecule has 0 saturated heterocycles. The lowest BCUT2D eigenvalue weighted by atomic mass is 9.96. The maximum atomic E-state index is 12.2. The standard InChI is InChI=1S/C16H34N2O2/c1-8-10-14(5)18(7)12-11-16(6,17-13(3)4)15(19)20-9-2/h13-14,17H,8-12H2,1-7H3. The Hall–Kier alpha value is -0.610. The number of nitrogens with one attached hydrogen (secondary N) is 1. The maximum absolute atomic E-state index is 12.2. The van der Waals surface area contributed by atoms with E-state index >= 15 is 0 Å². The normalized spacial score (nSPS) is 16.2. The summed E-state index contributed by atoms with van der Waals surface area (Å²) in [6.07, 6.45) is 3.13. The number of ether oxygens (including phenoxy) is 1. The maximum Gasteiger partial charge on any atom is 0.326 e. The van der Waals surface area contributed by atoms with Gasteiger partial charge in [-0.1, -0.05) is 13.3 Å². The first-order valence-electron chi connectivity index (χ1n) is 7.92. The van der Waals surface area contributed by atoms with Crippen LogP contribution in [0.5, 0.6) is 0 Å². The zero-order chi connectivity index (χ0) is 15.8. The molecule has 0 fully saturated rings. The van der Waals surface area contributed by atoms with Crippen LogP contribution in [0.25, 0.3) is 0 Å². The molecule has 0 heterocycles. The summed E-state index contributed by atoms with van der Waals surface area (Å²) in [6.45, 7) is 13.7. The van der Waals surface area contributed by atoms with Crippen molar-refractivity contribution in [2.24, 2.45) is 0 Å². The summed E-state index contributed by atoms with van der Waals surface area (Å²) in [4.78, 5) is 14.5. The van der Waals surface area contributed by atoms with Crippen LogP contribution in [-0.4, -0.2) is 48.7 Å². The quantitative estimate of drug-likeness (QED) is 0.627. The first-order valence-corrected chi connectivity index (χ1v) is 7.92. The number of nitrogens with zero attached hydrogens (tertiary/aromatic N) is 1. The summed E-state index contributed by atoms with van der Waals surface area (Å²) in [5.41, 5.74) is -0.607. The van der Waals surface area contributed by atoms with Crippen molar-refractivity contribution < 1.29 is 9.53 Å². The monoisotopic (exact) mass is 286 g/mol. The fraction of sp³-hybridized carbons (Fsp3) is 0.938. The summed E-state index contributed by atoms with van der Waals surface area (Å²) in [6, 6.07) is 0.799. The molecule has 0 radical (unpaired) electrons. The average Bonchev–Trinajstić information content (AvgIpc) is 2.35. The van der Waals surface area contributed by atoms with Crippen molar-refractivity contribution in [3.8, 4) is 0 Å². The lowest BCUT2D eigenvalue weighted by molar-refractivity contribution is -0.151. The van der Waals surface area contributed by atoms with Gasteiger partial charge in [0.2, 0.25) is 0 Å². The van der Waals surface area contributed by atoms with Crippen LogP contribution in [0.4, 0.5) is 0 Å². The van der Waals surface area contributed by atoms with E-state index in [1.165, 1.54) is 12.8 Å². The molecule has 0 aliphatic heterocycles. The van der Waals surface area contributed by atoms with Crippen molar-refractivity contribution >= 4 is 5.97 Å². The highest BCUT2D eigenvalue weighted by molar-refractivity contribution is 5.80. The van der Waals surface area contributed by atoms with Gasteiger partial charge in [0, 0.05) is 18.6 Å². The lowest BCUT2D eigenvalue weighted by Crippen LogP contribution is -2.54. The molecule has 120 valence electrons. The van der Waals surface area contributed by atoms with E-state index in [1.807, 2.05) is 13.8 Å². The second kappa shape index (κ2) is 9.35. The van der Waals surface area contributed by atoms with Crippen molar-refractivity contribution in [2.45, 2.75) is 78.4 Å². The molecule has 2 unspecified atom stereocenters. The van der Waals surface area contributed by atoms with Crippen molar-refractivity contribution in [3.63, 3.8) is 0 Å². The number of hydrogen-bond donors (Lipinski definition) is 1. The smallest absolute Gasteiger partial charge is 0.326 e. The van der Waals surface area contributed by atoms with E-state index < -0.39 is 5.54 Å². The summed E-state index contributed by atoms with van der Waals surface area (Å²) >= 11 is 0. The van der Waals surface area contributed by atoms with Crippen molar-refractivity contribution in [1.82, 2.24) is 10.2 Å². The molecule has 0 aliphatic rings. The minimum atomic E-state index is -0.607. The molecule has 4 heteroatoms. The van der Waals surface area contributed by atoms with E-state index in [0.717, 1.165) is 13.0 Å². The molecule has 0 spiro atoms. The predicted octanol–water partition coefficient (Wildman–Crippen LogP) is 2.82. The van der Waals surface area contributed by atoms with Crippen LogP contribution in [0, 0.1) is 0 Å². The first-order chi connectivity index (χ1) is 9.26. The minimum absolute atomic E-state index is 0.148. The Kier molecular flexibility index (Phi) is 9.06. The molecule has 0 aromatic rings. The molecule has 0 amide bonds. The molecule has 0 aliphatic carbocycles. The third-order valence-electron chi connectivity index (χ3n) is 3.76. The number of hydrogen-bond acceptors (Lipinski definition) is 4. The largest absolute Gasteiger partial charge is 0.465 e. The fourth-order valence-corrected chi connectivity index (χ4v) is 2.42. The van der Waals surface area contributed by atoms with Gasteiger partial charge >= 0.3 is 5.97 Å². The minimum Gasteiger partial charge on any atom is -0.465 e. The summed E-state index contributed by atoms with van der Waals surface area (Å²) in [7, 11) is 2.13. The topological polar surface area (TPSA) is 41.6 Å². The Balaban J connectivity index is 4.61. The van der Waals surface area contributed by atoms with Gasteiger partial charge < -0.3 is 9.64 Å². The average molecular weight is 286 g/mol. The van der Waals surface area contributed by atoms with E-state index in [-0.39, 0.29) is 12.0 Å². The van der Waals surface area contributed by atoms with Crippen LogP contribution in [0.15, 0.2) is 0 Å². The second-order valence-corrected chi connectivity index (χ2v) is 6.22. The van der Waals surface area contributed by atoms with Gasteiger partial charge in [0.1, 0.15) is 5.54 Å². The Morgan fingerprint density at radius 1 is 1.30 bits per heavy atom. The highest BCUT2D eigenvalue weighted by Gasteiger charge is 2.35. The number of carbonyl (C=O) groups is 1. The SMILES string of the molecule is CCCC(C)N(C)CCC(C)(NC(C)C)C(=O)OCC. The van der Waals surface area contributed by atoms with Gasteiger partial charge in [-0.05, 0) is 54.5 Å². The van der Waals surface area contributed by atoms with Gasteiger partial charge in [0.25, 0.3) is 0 Å². The van der Waals surface area contributed by atoms with E-state index in [2.05, 4.69) is 45.0 Å². The number of rotatable bonds is 10. The fourth-order valence-electron chi connectivity index (χ4n) is 2.42. The highest BCUT2D eigenvalue weighted by Crippen LogP contribution is 2.16. The zero-order valence-electron chi connectivity index (χ0n) is 14.5. The van der Waals surface area contributed by atoms with Gasteiger partial charge in [0.15, 0.2) is 0 Å². The summed E-state index contributed by atoms with van der Waals surface area (Å²) in [5, 5.41) is 3.37. The molecular formula is C16H34N2O2. The first kappa shape index (κ1) is 19.4. The van der Waals surface area contributed by atoms with Crippen LogP contribution in [-0.2, 0) is 9.53 Å². The molecule has 1 N–H and O–H groups in total. The summed E-state index contributed by atoms with van der Waals surface area (Å²) in [5.74, 6) is -0.148. The highest BCUT2D eigenvalue weighted by atomic mass is 16.5. The van der Waals surface area contributed by atoms with E-state index in [1.54, 1.807) is 0 Å². The third kappa shape index (κ3) is 6.71. The molecule has 0 bridgehead atoms. The third-order valence-corrected chi connectivity index (χ3v) is 3.76. The molecular weight excluding hydrogens is 252 g/mol. The second-order valence-electron chi connectivity index (χ2n) is 6.22. The van der Waals surface area contributed by atoms with Crippen LogP contribution in [0.2, 0.25) is 0 Å². The van der Waals surface area contributed by atoms with Crippen molar-refractivity contribution in [2.75, 3.05) is 20.2 Å². The van der Waals surface area contributed by atoms with Crippen LogP contribution in [0.1, 0.15) is 60.8 Å². The van der Waals surface area contributed by atoms with Crippen molar-refractivity contribution in [1.29, 1.82) is 0 Å². The Morgan fingerprint density at radius 3 is 2.35 bits per heavy atom. The van der Waals surface area contributed by atoms with E-state index in [0.29, 0.717) is 12.6 Å². The van der Waals surface area contributed by atoms with Gasteiger partial charge in [0.05, 0.1) is 6.61 Å². The van der Waals surface area contributed by atoms with Crippen molar-refractivity contribution in [3.05, 3.63) is 0 Å². The van der Waals surface area contributed by atoms with Crippen LogP contribution < -0.4 is 5.32 Å². The molecule has 2 atom stereocenters. The molecule has 0 rings (SSSR count). The zero-order valence-corrected chi connectivity index (χ0v) is 14.5. The molecule has 0 aromatic heterocycles. The lowest BCUT2D eigenvalue weighted by Gasteiger charge is -2.33. The number of esters is 1. The van der Waals surface area contributed by atoms with E-state index in [9.17, 15) is 4.79 Å². The molecule has 0 saturated carbocycles. The van der Waals surface area contributed by atoms with Gasteiger partial charge in [-0.2, -0.15) is 0 Å². The predicted molar refractivity (Wildman–Crippen MR) is 84.9 cm³/mol. The summed E-state index contributed by atoms with van der Waals surface area (Å²) < 4.78 is 5.23. The van der Waals surface area contributed by atoms with Gasteiger partial charge in [-0.25, -0.2) is 0 Å². The van der Waals surface area contributed by atoms with Gasteiger partial charge in [-0.3, -0.25) is 10.1 Å². The van der Waals surface area contributed by atoms with Gasteiger partial charge in [-0.15, -0.1) is 0 Å². The van der Waals surface area contributed by atoms with Crippen LogP contribution >= 0.6 is 0 Å². The Labute approximate surface area is 125 Å². The molecule has 0 aromatic carbocycles. The Bertz CT molecular complexity index is 282. The van der Waals surface area contributed by atoms with E-state index in [4.69, 9.17) is 4.74 Å². The number of carbonyl (C=O) groups excluding carboxylic acids is 1. The molecule has 20 heavy (non-hydrogen) atoms.